The van der Waals surface area contributed by atoms with Gasteiger partial charge < -0.3 is 9.94 Å². The normalized spacial score (nSPS) is 14.5. The summed E-state index contributed by atoms with van der Waals surface area (Å²) < 4.78 is 5.15. The van der Waals surface area contributed by atoms with Crippen LogP contribution in [0.15, 0.2) is 0 Å². The van der Waals surface area contributed by atoms with Gasteiger partial charge in [0.15, 0.2) is 5.37 Å². The van der Waals surface area contributed by atoms with Gasteiger partial charge in [-0.05, 0) is 18.6 Å². The van der Waals surface area contributed by atoms with Crippen molar-refractivity contribution in [2.75, 3.05) is 12.9 Å². The van der Waals surface area contributed by atoms with E-state index in [1.807, 2.05) is 5.48 Å². The quantitative estimate of drug-likeness (QED) is 0.373. The highest BCUT2D eigenvalue weighted by molar-refractivity contribution is 7.99. The number of hydrogen-bond donors (Lipinski definition) is 2. The molecule has 0 saturated carbocycles. The molecule has 0 aliphatic rings. The first kappa shape index (κ1) is 15.7. The molecule has 2 atom stereocenters. The Morgan fingerprint density at radius 3 is 2.62 bits per heavy atom. The highest BCUT2D eigenvalue weighted by atomic mass is 32.2. The zero-order valence-electron chi connectivity index (χ0n) is 10.4. The fraction of sp³-hybridized carbons (Fsp3) is 0.909. The Kier molecular flexibility index (Phi) is 9.77. The minimum absolute atomic E-state index is 0.398. The third kappa shape index (κ3) is 6.35. The lowest BCUT2D eigenvalue weighted by Gasteiger charge is -2.17. The van der Waals surface area contributed by atoms with Gasteiger partial charge in [0.2, 0.25) is 0 Å². The van der Waals surface area contributed by atoms with Gasteiger partial charge in [-0.1, -0.05) is 33.1 Å². The summed E-state index contributed by atoms with van der Waals surface area (Å²) in [6.07, 6.45) is 6.18. The van der Waals surface area contributed by atoms with Crippen LogP contribution in [0.5, 0.6) is 0 Å². The smallest absolute Gasteiger partial charge is 0.335 e. The van der Waals surface area contributed by atoms with Crippen LogP contribution in [0.25, 0.3) is 0 Å². The molecule has 0 radical (unpaired) electrons. The van der Waals surface area contributed by atoms with Crippen molar-refractivity contribution in [2.45, 2.75) is 44.9 Å². The molecular formula is C11H23NO3S. The fourth-order valence-electron chi connectivity index (χ4n) is 1.38. The van der Waals surface area contributed by atoms with E-state index in [-0.39, 0.29) is 0 Å². The monoisotopic (exact) mass is 249 g/mol. The van der Waals surface area contributed by atoms with Crippen LogP contribution in [-0.4, -0.2) is 29.4 Å². The molecule has 2 unspecified atom stereocenters. The summed E-state index contributed by atoms with van der Waals surface area (Å²) in [4.78, 5) is 11.4. The molecule has 4 nitrogen and oxygen atoms in total. The minimum atomic E-state index is -0.677. The molecule has 0 rings (SSSR count). The Labute approximate surface area is 102 Å². The number of unbranched alkanes of at least 4 members (excludes halogenated alkanes) is 1. The maximum absolute atomic E-state index is 11.4. The van der Waals surface area contributed by atoms with Gasteiger partial charge in [-0.2, -0.15) is 5.48 Å². The Bertz CT molecular complexity index is 186. The molecule has 0 aromatic carbocycles. The van der Waals surface area contributed by atoms with Crippen LogP contribution >= 0.6 is 11.8 Å². The van der Waals surface area contributed by atoms with Crippen LogP contribution in [0, 0.1) is 5.92 Å². The van der Waals surface area contributed by atoms with Gasteiger partial charge in [0.25, 0.3) is 0 Å². The first-order chi connectivity index (χ1) is 7.69. The Morgan fingerprint density at radius 1 is 1.50 bits per heavy atom. The van der Waals surface area contributed by atoms with Gasteiger partial charge in [-0.15, -0.1) is 11.8 Å². The van der Waals surface area contributed by atoms with E-state index in [0.29, 0.717) is 12.5 Å². The van der Waals surface area contributed by atoms with E-state index in [1.165, 1.54) is 18.2 Å². The number of ether oxygens (including phenoxy) is 1. The molecule has 96 valence electrons. The summed E-state index contributed by atoms with van der Waals surface area (Å²) >= 11 is 1.22. The zero-order chi connectivity index (χ0) is 12.4. The molecule has 0 fully saturated rings. The van der Waals surface area contributed by atoms with E-state index in [4.69, 9.17) is 9.94 Å². The molecule has 0 saturated heterocycles. The largest absolute Gasteiger partial charge is 0.464 e. The highest BCUT2D eigenvalue weighted by Gasteiger charge is 2.18. The number of rotatable bonds is 9. The van der Waals surface area contributed by atoms with E-state index < -0.39 is 11.3 Å². The predicted octanol–water partition coefficient (Wildman–Crippen LogP) is 2.41. The molecule has 5 heteroatoms. The van der Waals surface area contributed by atoms with Crippen molar-refractivity contribution in [1.29, 1.82) is 0 Å². The number of carbonyl (C=O) groups excluding carboxylic acids is 1. The average Bonchev–Trinajstić information content (AvgIpc) is 2.31. The van der Waals surface area contributed by atoms with Crippen LogP contribution in [-0.2, 0) is 9.53 Å². The van der Waals surface area contributed by atoms with Crippen molar-refractivity contribution in [3.63, 3.8) is 0 Å². The molecule has 0 aliphatic carbocycles. The van der Waals surface area contributed by atoms with Gasteiger partial charge >= 0.3 is 5.97 Å². The maximum Gasteiger partial charge on any atom is 0.335 e. The van der Waals surface area contributed by atoms with Crippen molar-refractivity contribution >= 4 is 17.7 Å². The van der Waals surface area contributed by atoms with Crippen LogP contribution in [0.2, 0.25) is 0 Å². The van der Waals surface area contributed by atoms with Gasteiger partial charge in [0.1, 0.15) is 0 Å². The van der Waals surface area contributed by atoms with Crippen molar-refractivity contribution in [3.05, 3.63) is 0 Å². The summed E-state index contributed by atoms with van der Waals surface area (Å²) in [5.41, 5.74) is 1.92. The molecular weight excluding hydrogens is 226 g/mol. The number of hydroxylamine groups is 1. The molecule has 0 spiro atoms. The Morgan fingerprint density at radius 2 is 2.19 bits per heavy atom. The van der Waals surface area contributed by atoms with Crippen molar-refractivity contribution in [3.8, 4) is 0 Å². The third-order valence-electron chi connectivity index (χ3n) is 2.57. The molecule has 2 N–H and O–H groups in total. The topological polar surface area (TPSA) is 58.6 Å². The van der Waals surface area contributed by atoms with Crippen molar-refractivity contribution < 1.29 is 14.7 Å². The SMILES string of the molecule is CCCCC(CC)COC(=O)C(NO)SC. The third-order valence-corrected chi connectivity index (χ3v) is 3.34. The lowest BCUT2D eigenvalue weighted by atomic mass is 10.0. The molecule has 0 heterocycles. The zero-order valence-corrected chi connectivity index (χ0v) is 11.2. The van der Waals surface area contributed by atoms with E-state index >= 15 is 0 Å². The first-order valence-corrected chi connectivity index (χ1v) is 7.07. The van der Waals surface area contributed by atoms with Gasteiger partial charge in [0.05, 0.1) is 6.61 Å². The van der Waals surface area contributed by atoms with Crippen LogP contribution < -0.4 is 5.48 Å². The number of nitrogens with one attached hydrogen (secondary N) is 1. The fourth-order valence-corrected chi connectivity index (χ4v) is 1.74. The van der Waals surface area contributed by atoms with Gasteiger partial charge in [0, 0.05) is 0 Å². The summed E-state index contributed by atoms with van der Waals surface area (Å²) in [5.74, 6) is 0.0371. The summed E-state index contributed by atoms with van der Waals surface area (Å²) in [7, 11) is 0. The standard InChI is InChI=1S/C11H23NO3S/c1-4-6-7-9(5-2)8-15-11(13)10(12-14)16-3/h9-10,12,14H,4-8H2,1-3H3. The second kappa shape index (κ2) is 9.93. The summed E-state index contributed by atoms with van der Waals surface area (Å²) in [6, 6.07) is 0. The molecule has 0 aromatic rings. The van der Waals surface area contributed by atoms with E-state index in [9.17, 15) is 4.79 Å². The summed E-state index contributed by atoms with van der Waals surface area (Å²) in [6.45, 7) is 4.71. The van der Waals surface area contributed by atoms with Crippen LogP contribution in [0.4, 0.5) is 0 Å². The lowest BCUT2D eigenvalue weighted by molar-refractivity contribution is -0.147. The summed E-state index contributed by atoms with van der Waals surface area (Å²) in [5, 5.41) is 8.01. The lowest BCUT2D eigenvalue weighted by Crippen LogP contribution is -2.33. The van der Waals surface area contributed by atoms with Crippen LogP contribution in [0.3, 0.4) is 0 Å². The van der Waals surface area contributed by atoms with Gasteiger partial charge in [-0.25, -0.2) is 4.79 Å². The van der Waals surface area contributed by atoms with Crippen molar-refractivity contribution in [2.24, 2.45) is 5.92 Å². The molecule has 0 bridgehead atoms. The Balaban J connectivity index is 3.86. The van der Waals surface area contributed by atoms with Gasteiger partial charge in [-0.3, -0.25) is 0 Å². The molecule has 16 heavy (non-hydrogen) atoms. The minimum Gasteiger partial charge on any atom is -0.464 e. The maximum atomic E-state index is 11.4. The van der Waals surface area contributed by atoms with Crippen LogP contribution in [0.1, 0.15) is 39.5 Å². The highest BCUT2D eigenvalue weighted by Crippen LogP contribution is 2.14. The number of esters is 1. The number of thioether (sulfide) groups is 1. The Hall–Kier alpha value is -0.260. The second-order valence-corrected chi connectivity index (χ2v) is 4.73. The molecule has 0 aromatic heterocycles. The van der Waals surface area contributed by atoms with Crippen molar-refractivity contribution in [1.82, 2.24) is 5.48 Å². The number of carbonyl (C=O) groups is 1. The second-order valence-electron chi connectivity index (χ2n) is 3.79. The number of hydrogen-bond acceptors (Lipinski definition) is 5. The van der Waals surface area contributed by atoms with E-state index in [0.717, 1.165) is 19.3 Å². The molecule has 0 aliphatic heterocycles. The average molecular weight is 249 g/mol. The molecule has 0 amide bonds. The first-order valence-electron chi connectivity index (χ1n) is 5.78. The predicted molar refractivity (Wildman–Crippen MR) is 66.5 cm³/mol. The van der Waals surface area contributed by atoms with E-state index in [1.54, 1.807) is 6.26 Å². The van der Waals surface area contributed by atoms with E-state index in [2.05, 4.69) is 13.8 Å².